The lowest BCUT2D eigenvalue weighted by Crippen LogP contribution is -2.42. The Labute approximate surface area is 113 Å². The van der Waals surface area contributed by atoms with Crippen LogP contribution in [0.2, 0.25) is 0 Å². The SMILES string of the molecule is O=C(CCl)CCN(C(=O)C(F)(F)F)c1ccccc1. The van der Waals surface area contributed by atoms with Crippen molar-refractivity contribution >= 4 is 29.0 Å². The van der Waals surface area contributed by atoms with Crippen LogP contribution in [-0.4, -0.2) is 30.3 Å². The Bertz CT molecular complexity index is 448. The van der Waals surface area contributed by atoms with Gasteiger partial charge < -0.3 is 4.90 Å². The van der Waals surface area contributed by atoms with Gasteiger partial charge in [-0.3, -0.25) is 9.59 Å². The summed E-state index contributed by atoms with van der Waals surface area (Å²) in [6.07, 6.45) is -5.21. The highest BCUT2D eigenvalue weighted by Crippen LogP contribution is 2.23. The number of carbonyl (C=O) groups is 2. The van der Waals surface area contributed by atoms with Crippen molar-refractivity contribution in [1.29, 1.82) is 0 Å². The number of nitrogens with zero attached hydrogens (tertiary/aromatic N) is 1. The number of carbonyl (C=O) groups excluding carboxylic acids is 2. The average molecular weight is 294 g/mol. The molecule has 0 N–H and O–H groups in total. The number of halogens is 4. The third kappa shape index (κ3) is 4.55. The van der Waals surface area contributed by atoms with Gasteiger partial charge in [-0.1, -0.05) is 18.2 Å². The van der Waals surface area contributed by atoms with Crippen molar-refractivity contribution in [2.45, 2.75) is 12.6 Å². The molecule has 1 amide bonds. The molecule has 19 heavy (non-hydrogen) atoms. The molecule has 3 nitrogen and oxygen atoms in total. The lowest BCUT2D eigenvalue weighted by Gasteiger charge is -2.23. The Morgan fingerprint density at radius 2 is 1.74 bits per heavy atom. The van der Waals surface area contributed by atoms with Gasteiger partial charge in [-0.2, -0.15) is 13.2 Å². The van der Waals surface area contributed by atoms with Gasteiger partial charge in [-0.25, -0.2) is 0 Å². The minimum absolute atomic E-state index is 0.0900. The van der Waals surface area contributed by atoms with Crippen molar-refractivity contribution in [3.63, 3.8) is 0 Å². The largest absolute Gasteiger partial charge is 0.471 e. The second kappa shape index (κ2) is 6.56. The van der Waals surface area contributed by atoms with E-state index in [-0.39, 0.29) is 24.5 Å². The van der Waals surface area contributed by atoms with Gasteiger partial charge in [0, 0.05) is 18.7 Å². The molecule has 0 aromatic heterocycles. The van der Waals surface area contributed by atoms with Gasteiger partial charge in [0.2, 0.25) is 0 Å². The first-order valence-corrected chi connectivity index (χ1v) is 5.91. The van der Waals surface area contributed by atoms with Crippen LogP contribution in [0.1, 0.15) is 6.42 Å². The summed E-state index contributed by atoms with van der Waals surface area (Å²) >= 11 is 5.28. The number of alkyl halides is 4. The normalized spacial score (nSPS) is 11.2. The van der Waals surface area contributed by atoms with Crippen molar-refractivity contribution < 1.29 is 22.8 Å². The summed E-state index contributed by atoms with van der Waals surface area (Å²) in [5.74, 6) is -2.71. The topological polar surface area (TPSA) is 37.4 Å². The molecule has 1 aromatic carbocycles. The molecule has 1 aromatic rings. The van der Waals surface area contributed by atoms with Crippen LogP contribution in [0, 0.1) is 0 Å². The number of Topliss-reactive ketones (excluding diaryl/α,β-unsaturated/α-hetero) is 1. The van der Waals surface area contributed by atoms with Crippen LogP contribution in [0.25, 0.3) is 0 Å². The molecule has 7 heteroatoms. The Morgan fingerprint density at radius 1 is 1.16 bits per heavy atom. The zero-order valence-corrected chi connectivity index (χ0v) is 10.5. The van der Waals surface area contributed by atoms with Gasteiger partial charge in [0.05, 0.1) is 5.88 Å². The van der Waals surface area contributed by atoms with E-state index < -0.39 is 17.9 Å². The number of anilines is 1. The van der Waals surface area contributed by atoms with E-state index in [2.05, 4.69) is 0 Å². The summed E-state index contributed by atoms with van der Waals surface area (Å²) in [6.45, 7) is -0.353. The summed E-state index contributed by atoms with van der Waals surface area (Å²) < 4.78 is 37.5. The van der Waals surface area contributed by atoms with Crippen LogP contribution in [0.5, 0.6) is 0 Å². The fourth-order valence-corrected chi connectivity index (χ4v) is 1.55. The number of para-hydroxylation sites is 1. The molecule has 0 saturated heterocycles. The van der Waals surface area contributed by atoms with Crippen molar-refractivity contribution in [3.05, 3.63) is 30.3 Å². The van der Waals surface area contributed by atoms with E-state index in [9.17, 15) is 22.8 Å². The number of hydrogen-bond donors (Lipinski definition) is 0. The highest BCUT2D eigenvalue weighted by Gasteiger charge is 2.42. The highest BCUT2D eigenvalue weighted by atomic mass is 35.5. The zero-order chi connectivity index (χ0) is 14.5. The Balaban J connectivity index is 2.92. The van der Waals surface area contributed by atoms with E-state index in [0.29, 0.717) is 4.90 Å². The van der Waals surface area contributed by atoms with Gasteiger partial charge >= 0.3 is 12.1 Å². The fourth-order valence-electron chi connectivity index (χ4n) is 1.41. The van der Waals surface area contributed by atoms with Crippen molar-refractivity contribution in [2.75, 3.05) is 17.3 Å². The smallest absolute Gasteiger partial charge is 0.304 e. The van der Waals surface area contributed by atoms with E-state index in [1.807, 2.05) is 0 Å². The van der Waals surface area contributed by atoms with E-state index in [1.165, 1.54) is 24.3 Å². The van der Waals surface area contributed by atoms with Gasteiger partial charge in [-0.05, 0) is 12.1 Å². The molecule has 0 radical (unpaired) electrons. The number of rotatable bonds is 5. The number of amides is 1. The van der Waals surface area contributed by atoms with Gasteiger partial charge in [0.1, 0.15) is 5.78 Å². The molecule has 1 rings (SSSR count). The predicted octanol–water partition coefficient (Wildman–Crippen LogP) is 2.78. The van der Waals surface area contributed by atoms with Gasteiger partial charge in [-0.15, -0.1) is 11.6 Å². The summed E-state index contributed by atoms with van der Waals surface area (Å²) in [4.78, 5) is 22.9. The van der Waals surface area contributed by atoms with Crippen LogP contribution >= 0.6 is 11.6 Å². The first-order valence-electron chi connectivity index (χ1n) is 5.37. The van der Waals surface area contributed by atoms with Crippen LogP contribution in [0.3, 0.4) is 0 Å². The Kier molecular flexibility index (Phi) is 5.35. The van der Waals surface area contributed by atoms with Gasteiger partial charge in [0.15, 0.2) is 0 Å². The second-order valence-corrected chi connectivity index (χ2v) is 3.98. The van der Waals surface area contributed by atoms with Crippen LogP contribution in [-0.2, 0) is 9.59 Å². The average Bonchev–Trinajstić information content (AvgIpc) is 2.38. The van der Waals surface area contributed by atoms with E-state index >= 15 is 0 Å². The molecule has 0 bridgehead atoms. The quantitative estimate of drug-likeness (QED) is 0.783. The molecule has 0 spiro atoms. The van der Waals surface area contributed by atoms with Crippen molar-refractivity contribution in [1.82, 2.24) is 0 Å². The van der Waals surface area contributed by atoms with Crippen molar-refractivity contribution in [3.8, 4) is 0 Å². The molecule has 0 unspecified atom stereocenters. The molecule has 0 heterocycles. The third-order valence-electron chi connectivity index (χ3n) is 2.32. The van der Waals surface area contributed by atoms with E-state index in [0.717, 1.165) is 0 Å². The zero-order valence-electron chi connectivity index (χ0n) is 9.78. The monoisotopic (exact) mass is 293 g/mol. The maximum absolute atomic E-state index is 12.5. The molecule has 0 atom stereocenters. The molecule has 0 aliphatic rings. The Morgan fingerprint density at radius 3 is 2.21 bits per heavy atom. The lowest BCUT2D eigenvalue weighted by molar-refractivity contribution is -0.170. The lowest BCUT2D eigenvalue weighted by atomic mass is 10.2. The highest BCUT2D eigenvalue weighted by molar-refractivity contribution is 6.27. The summed E-state index contributed by atoms with van der Waals surface area (Å²) in [5, 5.41) is 0. The molecule has 0 aliphatic carbocycles. The van der Waals surface area contributed by atoms with E-state index in [1.54, 1.807) is 6.07 Å². The van der Waals surface area contributed by atoms with Crippen LogP contribution in [0.15, 0.2) is 30.3 Å². The first kappa shape index (κ1) is 15.5. The second-order valence-electron chi connectivity index (χ2n) is 3.71. The Hall–Kier alpha value is -1.56. The maximum Gasteiger partial charge on any atom is 0.471 e. The molecule has 0 saturated carbocycles. The van der Waals surface area contributed by atoms with E-state index in [4.69, 9.17) is 11.6 Å². The molecule has 104 valence electrons. The predicted molar refractivity (Wildman–Crippen MR) is 65.2 cm³/mol. The third-order valence-corrected chi connectivity index (χ3v) is 2.62. The molecular formula is C12H11ClF3NO2. The van der Waals surface area contributed by atoms with Gasteiger partial charge in [0.25, 0.3) is 0 Å². The minimum atomic E-state index is -4.99. The number of benzene rings is 1. The maximum atomic E-state index is 12.5. The summed E-state index contributed by atoms with van der Waals surface area (Å²) in [6, 6.07) is 7.37. The molecule has 0 aliphatic heterocycles. The van der Waals surface area contributed by atoms with Crippen LogP contribution < -0.4 is 4.90 Å². The summed E-state index contributed by atoms with van der Waals surface area (Å²) in [7, 11) is 0. The molecule has 0 fully saturated rings. The van der Waals surface area contributed by atoms with Crippen molar-refractivity contribution in [2.24, 2.45) is 0 Å². The standard InChI is InChI=1S/C12H11ClF3NO2/c13-8-10(18)6-7-17(11(19)12(14,15)16)9-4-2-1-3-5-9/h1-5H,6-8H2. The first-order chi connectivity index (χ1) is 8.86. The summed E-state index contributed by atoms with van der Waals surface area (Å²) in [5.41, 5.74) is 0.0900. The number of ketones is 1. The fraction of sp³-hybridized carbons (Fsp3) is 0.333. The minimum Gasteiger partial charge on any atom is -0.304 e. The molecular weight excluding hydrogens is 283 g/mol. The van der Waals surface area contributed by atoms with Crippen LogP contribution in [0.4, 0.5) is 18.9 Å². The number of hydrogen-bond acceptors (Lipinski definition) is 2.